The number of aryl methyl sites for hydroxylation is 1. The molecule has 0 amide bonds. The zero-order chi connectivity index (χ0) is 29.7. The van der Waals surface area contributed by atoms with Crippen molar-refractivity contribution in [2.45, 2.75) is 58.0 Å². The van der Waals surface area contributed by atoms with E-state index in [2.05, 4.69) is 5.32 Å². The summed E-state index contributed by atoms with van der Waals surface area (Å²) in [6.07, 6.45) is -6.86. The van der Waals surface area contributed by atoms with E-state index >= 15 is 0 Å². The highest BCUT2D eigenvalue weighted by atomic mass is 35.5. The number of halogens is 4. The summed E-state index contributed by atoms with van der Waals surface area (Å²) >= 11 is 5.73. The van der Waals surface area contributed by atoms with Gasteiger partial charge in [0.1, 0.15) is 5.75 Å². The average Bonchev–Trinajstić information content (AvgIpc) is 2.87. The maximum absolute atomic E-state index is 13.2. The Bertz CT molecular complexity index is 1330. The maximum Gasteiger partial charge on any atom is 0.511 e. The lowest BCUT2D eigenvalue weighted by Gasteiger charge is -2.29. The van der Waals surface area contributed by atoms with Gasteiger partial charge in [0.15, 0.2) is 0 Å². The SMILES string of the molecule is Cc1cc(-c2ccccc2C(C)OC[C@H](O)CNC(C)(C)Cc2ccc(Cl)c(C(F)(F)F)c2)ccc1OC(=O)O. The van der Waals surface area contributed by atoms with Gasteiger partial charge in [-0.05, 0) is 86.2 Å². The number of nitrogens with one attached hydrogen (secondary N) is 1. The van der Waals surface area contributed by atoms with Gasteiger partial charge in [-0.25, -0.2) is 4.79 Å². The summed E-state index contributed by atoms with van der Waals surface area (Å²) in [6, 6.07) is 16.7. The highest BCUT2D eigenvalue weighted by Gasteiger charge is 2.33. The van der Waals surface area contributed by atoms with Crippen LogP contribution in [-0.4, -0.2) is 41.2 Å². The number of β-amino-alcohol motifs (C(OH)–C–C–N with tert-alkyl or cyclic N) is 1. The fourth-order valence-corrected chi connectivity index (χ4v) is 4.64. The van der Waals surface area contributed by atoms with E-state index < -0.39 is 29.5 Å². The van der Waals surface area contributed by atoms with Crippen molar-refractivity contribution in [2.75, 3.05) is 13.2 Å². The van der Waals surface area contributed by atoms with Gasteiger partial charge in [-0.2, -0.15) is 13.2 Å². The van der Waals surface area contributed by atoms with Gasteiger partial charge in [-0.3, -0.25) is 0 Å². The van der Waals surface area contributed by atoms with Crippen LogP contribution in [0.3, 0.4) is 0 Å². The molecule has 3 N–H and O–H groups in total. The summed E-state index contributed by atoms with van der Waals surface area (Å²) in [5, 5.41) is 22.3. The summed E-state index contributed by atoms with van der Waals surface area (Å²) in [7, 11) is 0. The van der Waals surface area contributed by atoms with Gasteiger partial charge in [0, 0.05) is 12.1 Å². The van der Waals surface area contributed by atoms with Crippen LogP contribution in [-0.2, 0) is 17.3 Å². The van der Waals surface area contributed by atoms with Crippen LogP contribution in [0.4, 0.5) is 18.0 Å². The van der Waals surface area contributed by atoms with Crippen molar-refractivity contribution >= 4 is 17.8 Å². The molecule has 0 aliphatic heterocycles. The van der Waals surface area contributed by atoms with Crippen LogP contribution in [0.25, 0.3) is 11.1 Å². The molecule has 0 aliphatic rings. The molecule has 10 heteroatoms. The van der Waals surface area contributed by atoms with Crippen LogP contribution in [0.2, 0.25) is 5.02 Å². The van der Waals surface area contributed by atoms with Gasteiger partial charge in [0.25, 0.3) is 0 Å². The molecular weight excluding hydrogens is 547 g/mol. The number of carboxylic acid groups (broad SMARTS) is 1. The Morgan fingerprint density at radius 1 is 1.07 bits per heavy atom. The first-order valence-electron chi connectivity index (χ1n) is 12.7. The fraction of sp³-hybridized carbons (Fsp3) is 0.367. The molecule has 0 fully saturated rings. The van der Waals surface area contributed by atoms with Crippen molar-refractivity contribution in [3.63, 3.8) is 0 Å². The minimum absolute atomic E-state index is 0.0299. The standard InChI is InChI=1S/C30H33ClF3NO5/c1-18-13-21(10-12-27(18)40-28(37)38)24-8-6-5-7-23(24)19(2)39-17-22(36)16-35-29(3,4)15-20-9-11-26(31)25(14-20)30(32,33)34/h5-14,19,22,35-36H,15-17H2,1-4H3,(H,37,38)/t19?,22-/m1/s1. The molecule has 1 unspecified atom stereocenters. The number of hydrogen-bond acceptors (Lipinski definition) is 5. The van der Waals surface area contributed by atoms with Crippen molar-refractivity contribution < 1.29 is 37.7 Å². The first-order valence-corrected chi connectivity index (χ1v) is 13.0. The Labute approximate surface area is 236 Å². The molecule has 3 aromatic carbocycles. The molecule has 0 saturated carbocycles. The first kappa shape index (κ1) is 31.4. The van der Waals surface area contributed by atoms with E-state index in [4.69, 9.17) is 26.2 Å². The van der Waals surface area contributed by atoms with Crippen molar-refractivity contribution in [3.8, 4) is 16.9 Å². The van der Waals surface area contributed by atoms with Gasteiger partial charge >= 0.3 is 12.3 Å². The zero-order valence-electron chi connectivity index (χ0n) is 22.7. The molecule has 3 rings (SSSR count). The number of hydrogen-bond donors (Lipinski definition) is 3. The Morgan fingerprint density at radius 3 is 2.42 bits per heavy atom. The third kappa shape index (κ3) is 8.69. The second kappa shape index (κ2) is 13.0. The molecular formula is C30H33ClF3NO5. The second-order valence-electron chi connectivity index (χ2n) is 10.3. The third-order valence-corrected chi connectivity index (χ3v) is 6.75. The van der Waals surface area contributed by atoms with Gasteiger partial charge in [-0.1, -0.05) is 48.0 Å². The van der Waals surface area contributed by atoms with E-state index in [1.54, 1.807) is 25.1 Å². The highest BCUT2D eigenvalue weighted by molar-refractivity contribution is 6.31. The summed E-state index contributed by atoms with van der Waals surface area (Å²) in [4.78, 5) is 10.9. The Morgan fingerprint density at radius 2 is 1.77 bits per heavy atom. The zero-order valence-corrected chi connectivity index (χ0v) is 23.4. The van der Waals surface area contributed by atoms with E-state index in [1.165, 1.54) is 6.07 Å². The number of ether oxygens (including phenoxy) is 2. The maximum atomic E-state index is 13.2. The van der Waals surface area contributed by atoms with Gasteiger partial charge < -0.3 is 25.0 Å². The molecule has 0 radical (unpaired) electrons. The van der Waals surface area contributed by atoms with Crippen LogP contribution in [0, 0.1) is 6.92 Å². The largest absolute Gasteiger partial charge is 0.511 e. The molecule has 6 nitrogen and oxygen atoms in total. The van der Waals surface area contributed by atoms with Gasteiger partial charge in [0.05, 0.1) is 29.4 Å². The van der Waals surface area contributed by atoms with E-state index in [0.717, 1.165) is 22.8 Å². The van der Waals surface area contributed by atoms with Crippen molar-refractivity contribution in [1.82, 2.24) is 5.32 Å². The fourth-order valence-electron chi connectivity index (χ4n) is 4.41. The number of aliphatic hydroxyl groups excluding tert-OH is 1. The molecule has 2 atom stereocenters. The molecule has 40 heavy (non-hydrogen) atoms. The van der Waals surface area contributed by atoms with E-state index in [1.807, 2.05) is 51.1 Å². The molecule has 216 valence electrons. The lowest BCUT2D eigenvalue weighted by Crippen LogP contribution is -2.46. The molecule has 0 aliphatic carbocycles. The summed E-state index contributed by atoms with van der Waals surface area (Å²) in [5.41, 5.74) is 2.31. The number of aliphatic hydroxyl groups is 1. The third-order valence-electron chi connectivity index (χ3n) is 6.42. The van der Waals surface area contributed by atoms with Crippen LogP contribution in [0.15, 0.2) is 60.7 Å². The lowest BCUT2D eigenvalue weighted by molar-refractivity contribution is -0.137. The molecule has 0 saturated heterocycles. The van der Waals surface area contributed by atoms with Crippen LogP contribution < -0.4 is 10.1 Å². The summed E-state index contributed by atoms with van der Waals surface area (Å²) < 4.78 is 50.4. The van der Waals surface area contributed by atoms with Crippen LogP contribution in [0.5, 0.6) is 5.75 Å². The van der Waals surface area contributed by atoms with E-state index in [-0.39, 0.29) is 30.0 Å². The minimum atomic E-state index is -4.54. The number of alkyl halides is 3. The Kier molecular flexibility index (Phi) is 10.2. The van der Waals surface area contributed by atoms with Gasteiger partial charge in [-0.15, -0.1) is 0 Å². The van der Waals surface area contributed by atoms with Crippen molar-refractivity contribution in [2.24, 2.45) is 0 Å². The van der Waals surface area contributed by atoms with Crippen molar-refractivity contribution in [1.29, 1.82) is 0 Å². The average molecular weight is 580 g/mol. The minimum Gasteiger partial charge on any atom is -0.449 e. The smallest absolute Gasteiger partial charge is 0.449 e. The summed E-state index contributed by atoms with van der Waals surface area (Å²) in [6.45, 7) is 7.52. The molecule has 3 aromatic rings. The molecule has 0 aromatic heterocycles. The molecule has 0 heterocycles. The first-order chi connectivity index (χ1) is 18.7. The second-order valence-corrected chi connectivity index (χ2v) is 10.7. The monoisotopic (exact) mass is 579 g/mol. The van der Waals surface area contributed by atoms with Crippen molar-refractivity contribution in [3.05, 3.63) is 87.9 Å². The molecule has 0 spiro atoms. The topological polar surface area (TPSA) is 88.0 Å². The number of benzene rings is 3. The van der Waals surface area contributed by atoms with Crippen LogP contribution in [0.1, 0.15) is 49.1 Å². The quantitative estimate of drug-likeness (QED) is 0.162. The highest BCUT2D eigenvalue weighted by Crippen LogP contribution is 2.36. The number of rotatable bonds is 11. The molecule has 0 bridgehead atoms. The predicted octanol–water partition coefficient (Wildman–Crippen LogP) is 7.44. The summed E-state index contributed by atoms with van der Waals surface area (Å²) in [5.74, 6) is 0.258. The predicted molar refractivity (Wildman–Crippen MR) is 148 cm³/mol. The Hall–Kier alpha value is -3.11. The van der Waals surface area contributed by atoms with E-state index in [9.17, 15) is 23.1 Å². The van der Waals surface area contributed by atoms with Crippen LogP contribution >= 0.6 is 11.6 Å². The number of carbonyl (C=O) groups is 1. The van der Waals surface area contributed by atoms with E-state index in [0.29, 0.717) is 17.5 Å². The lowest BCUT2D eigenvalue weighted by atomic mass is 9.93. The van der Waals surface area contributed by atoms with Gasteiger partial charge in [0.2, 0.25) is 0 Å². The Balaban J connectivity index is 1.59. The normalized spacial score (nSPS) is 13.6.